The number of benzene rings is 6. The Morgan fingerprint density at radius 2 is 0.198 bits per heavy atom. The van der Waals surface area contributed by atoms with Crippen LogP contribution in [0.1, 0.15) is 458 Å². The fourth-order valence-corrected chi connectivity index (χ4v) is 16.9. The van der Waals surface area contributed by atoms with Gasteiger partial charge in [0.25, 0.3) is 0 Å². The molecule has 126 heavy (non-hydrogen) atoms. The van der Waals surface area contributed by atoms with Crippen LogP contribution >= 0.6 is 0 Å². The monoisotopic (exact) mass is 1740 g/mol. The number of unbranched alkanes of at least 4 members (excludes halogenated alkanes) is 36. The molecule has 708 valence electrons. The summed E-state index contributed by atoms with van der Waals surface area (Å²) in [5, 5.41) is 0. The second-order valence-electron chi connectivity index (χ2n) is 36.4. The number of ether oxygens (including phenoxy) is 12. The third-order valence-electron chi connectivity index (χ3n) is 24.8. The van der Waals surface area contributed by atoms with Crippen LogP contribution in [0.2, 0.25) is 0 Å². The van der Waals surface area contributed by atoms with Crippen molar-refractivity contribution in [2.75, 3.05) is 79.3 Å². The maximum absolute atomic E-state index is 7.29. The molecule has 12 nitrogen and oxygen atoms in total. The molecule has 0 atom stereocenters. The van der Waals surface area contributed by atoms with Crippen molar-refractivity contribution in [2.45, 2.75) is 430 Å². The quantitative estimate of drug-likeness (QED) is 0.0339. The Morgan fingerprint density at radius 3 is 0.270 bits per heavy atom. The van der Waals surface area contributed by atoms with E-state index in [1.165, 1.54) is 0 Å². The average Bonchev–Trinajstić information content (AvgIpc) is 0.785. The Kier molecular flexibility index (Phi) is 56.5. The van der Waals surface area contributed by atoms with Gasteiger partial charge in [-0.05, 0) is 150 Å². The third-order valence-corrected chi connectivity index (χ3v) is 24.8. The van der Waals surface area contributed by atoms with E-state index in [-0.39, 0.29) is 0 Å². The van der Waals surface area contributed by atoms with Crippen molar-refractivity contribution >= 4 is 0 Å². The van der Waals surface area contributed by atoms with Gasteiger partial charge in [0.1, 0.15) is 69.0 Å². The third kappa shape index (κ3) is 40.5. The number of rotatable bonds is 72. The summed E-state index contributed by atoms with van der Waals surface area (Å²) >= 11 is 0. The Morgan fingerprint density at radius 1 is 0.119 bits per heavy atom. The number of hydrogen-bond donors (Lipinski definition) is 0. The summed E-state index contributed by atoms with van der Waals surface area (Å²) in [6.07, 6.45) is 55.7. The second-order valence-corrected chi connectivity index (χ2v) is 36.4. The second kappa shape index (κ2) is 67.2. The molecule has 0 spiro atoms. The van der Waals surface area contributed by atoms with Crippen LogP contribution in [0.15, 0.2) is 72.8 Å². The zero-order chi connectivity index (χ0) is 89.5. The van der Waals surface area contributed by atoms with Crippen LogP contribution in [0.5, 0.6) is 69.0 Å². The van der Waals surface area contributed by atoms with Crippen LogP contribution in [0, 0.1) is 0 Å². The van der Waals surface area contributed by atoms with Crippen molar-refractivity contribution in [2.24, 2.45) is 0 Å². The van der Waals surface area contributed by atoms with Gasteiger partial charge in [-0.25, -0.2) is 0 Å². The molecular formula is C114H180O12. The van der Waals surface area contributed by atoms with E-state index in [0.29, 0.717) is 118 Å². The number of hydrogen-bond acceptors (Lipinski definition) is 12. The van der Waals surface area contributed by atoms with Gasteiger partial charge in [0.05, 0.1) is 79.3 Å². The topological polar surface area (TPSA) is 111 Å². The Bertz CT molecular complexity index is 2950. The molecule has 22 rings (SSSR count). The van der Waals surface area contributed by atoms with Crippen LogP contribution in [0.4, 0.5) is 0 Å². The van der Waals surface area contributed by atoms with Crippen LogP contribution in [0.3, 0.4) is 0 Å². The smallest absolute Gasteiger partial charge is 0.123 e. The zero-order valence-corrected chi connectivity index (χ0v) is 82.5. The maximum atomic E-state index is 7.29. The lowest BCUT2D eigenvalue weighted by atomic mass is 9.92. The van der Waals surface area contributed by atoms with Crippen molar-refractivity contribution in [3.63, 3.8) is 0 Å². The predicted octanol–water partition coefficient (Wildman–Crippen LogP) is 33.1. The van der Waals surface area contributed by atoms with E-state index < -0.39 is 0 Å². The standard InChI is InChI=1S/C114H180O12/c1-13-25-37-49-61-115-103-79-92-74-94-82-108(120-66-54-42-30-18-6)96(84-107(94)119-65-53-41-29-17-5)76-98-86-112(124-70-58-46-34-22-10)100(88-111(98)123-69-57-45-33-21-9)78-102-90-113(125-71-59-47-35-23-11)101(89-114(102)126-72-60-48-36-24-12)77-99-87-109(121-67-55-43-31-19-7)97(85-110(99)122-68-56-44-32-20-8)75-95-83-105(117-63-51-39-27-15-3)93(81-106(95)118-64-52-40-28-16-4)73-91(103)80-104(92)116-62-50-38-26-14-2/h79-90H,13-78H2,1-12H3. The fourth-order valence-electron chi connectivity index (χ4n) is 16.9. The molecule has 0 heterocycles. The van der Waals surface area contributed by atoms with Crippen LogP contribution in [0.25, 0.3) is 0 Å². The minimum atomic E-state index is 0.537. The first-order chi connectivity index (χ1) is 62.1. The predicted molar refractivity (Wildman–Crippen MR) is 531 cm³/mol. The summed E-state index contributed by atoms with van der Waals surface area (Å²) in [5.41, 5.74) is 12.8. The molecule has 0 saturated carbocycles. The van der Waals surface area contributed by atoms with Crippen molar-refractivity contribution in [3.05, 3.63) is 140 Å². The largest absolute Gasteiger partial charge is 0.493 e. The first-order valence-electron chi connectivity index (χ1n) is 52.6. The molecule has 0 fully saturated rings. The molecule has 12 bridgehead atoms. The Hall–Kier alpha value is -7.08. The molecule has 0 saturated heterocycles. The molecule has 0 aromatic heterocycles. The fraction of sp³-hybridized carbons (Fsp3) is 0.684. The first kappa shape index (κ1) is 106. The Balaban J connectivity index is 1.66. The lowest BCUT2D eigenvalue weighted by Gasteiger charge is -2.23. The molecular weight excluding hydrogens is 1560 g/mol. The van der Waals surface area contributed by atoms with Gasteiger partial charge in [0.15, 0.2) is 0 Å². The summed E-state index contributed by atoms with van der Waals surface area (Å²) in [4.78, 5) is 0. The van der Waals surface area contributed by atoms with Gasteiger partial charge in [-0.15, -0.1) is 0 Å². The molecule has 0 N–H and O–H groups in total. The average molecular weight is 1740 g/mol. The summed E-state index contributed by atoms with van der Waals surface area (Å²) in [6, 6.07) is 28.0. The zero-order valence-electron chi connectivity index (χ0n) is 82.5. The van der Waals surface area contributed by atoms with Gasteiger partial charge in [-0.1, -0.05) is 314 Å². The summed E-state index contributed by atoms with van der Waals surface area (Å²) in [5.74, 6) is 10.4. The summed E-state index contributed by atoms with van der Waals surface area (Å²) in [7, 11) is 0. The van der Waals surface area contributed by atoms with Crippen LogP contribution < -0.4 is 56.8 Å². The lowest BCUT2D eigenvalue weighted by molar-refractivity contribution is 0.287. The van der Waals surface area contributed by atoms with Crippen molar-refractivity contribution in [1.29, 1.82) is 0 Å². The highest BCUT2D eigenvalue weighted by Crippen LogP contribution is 2.45. The molecule has 12 heteroatoms. The van der Waals surface area contributed by atoms with E-state index in [1.807, 2.05) is 0 Å². The summed E-state index contributed by atoms with van der Waals surface area (Å²) < 4.78 is 87.5. The highest BCUT2D eigenvalue weighted by Gasteiger charge is 2.27. The van der Waals surface area contributed by atoms with Crippen molar-refractivity contribution in [3.8, 4) is 69.0 Å². The van der Waals surface area contributed by atoms with Crippen LogP contribution in [-0.2, 0) is 38.5 Å². The molecule has 16 aliphatic rings. The maximum Gasteiger partial charge on any atom is 0.123 e. The summed E-state index contributed by atoms with van der Waals surface area (Å²) in [6.45, 7) is 34.6. The van der Waals surface area contributed by atoms with Gasteiger partial charge < -0.3 is 56.8 Å². The van der Waals surface area contributed by atoms with Gasteiger partial charge in [-0.2, -0.15) is 0 Å². The Labute approximate surface area is 770 Å². The highest BCUT2D eigenvalue weighted by molar-refractivity contribution is 5.61. The lowest BCUT2D eigenvalue weighted by Crippen LogP contribution is -2.11. The molecule has 0 amide bonds. The van der Waals surface area contributed by atoms with Gasteiger partial charge in [0, 0.05) is 105 Å². The minimum Gasteiger partial charge on any atom is -0.493 e. The van der Waals surface area contributed by atoms with E-state index in [2.05, 4.69) is 156 Å². The molecule has 0 aliphatic heterocycles. The van der Waals surface area contributed by atoms with Gasteiger partial charge in [0.2, 0.25) is 0 Å². The van der Waals surface area contributed by atoms with E-state index >= 15 is 0 Å². The van der Waals surface area contributed by atoms with E-state index in [4.69, 9.17) is 56.8 Å². The first-order valence-corrected chi connectivity index (χ1v) is 52.6. The SMILES string of the molecule is CCCCCCOc1cc2c(OCCCCCC)cc1Cc1cc(OCCCCCC)c(cc1OCCCCCC)Cc1cc(OCCCCCC)c(cc1OCCCCCC)Cc1cc(OCCCCCC)c(cc1OCCCCCC)Cc1cc(OCCCCCC)c(cc1OCCCCCC)Cc1cc(OCCCCCC)c(cc1OCCCCCC)C2. The minimum absolute atomic E-state index is 0.537. The molecule has 0 unspecified atom stereocenters. The molecule has 16 aliphatic carbocycles. The molecule has 0 radical (unpaired) electrons. The van der Waals surface area contributed by atoms with Crippen molar-refractivity contribution < 1.29 is 56.8 Å². The van der Waals surface area contributed by atoms with Crippen LogP contribution in [-0.4, -0.2) is 79.3 Å². The van der Waals surface area contributed by atoms with E-state index in [9.17, 15) is 0 Å². The molecule has 6 aromatic carbocycles. The van der Waals surface area contributed by atoms with Gasteiger partial charge in [-0.3, -0.25) is 0 Å². The van der Waals surface area contributed by atoms with Gasteiger partial charge >= 0.3 is 0 Å². The highest BCUT2D eigenvalue weighted by atomic mass is 16.5. The van der Waals surface area contributed by atoms with E-state index in [1.54, 1.807) is 0 Å². The van der Waals surface area contributed by atoms with Crippen molar-refractivity contribution in [1.82, 2.24) is 0 Å². The molecule has 6 aromatic rings. The normalized spacial score (nSPS) is 12.1. The van der Waals surface area contributed by atoms with E-state index in [0.717, 1.165) is 444 Å².